The summed E-state index contributed by atoms with van der Waals surface area (Å²) in [6.07, 6.45) is 3.85. The lowest BCUT2D eigenvalue weighted by Gasteiger charge is -2.07. The number of pyridine rings is 1. The Hall–Kier alpha value is -1.13. The second kappa shape index (κ2) is 6.75. The molecule has 0 saturated carbocycles. The van der Waals surface area contributed by atoms with E-state index >= 15 is 0 Å². The number of sulfone groups is 1. The third-order valence-corrected chi connectivity index (χ3v) is 5.57. The van der Waals surface area contributed by atoms with Gasteiger partial charge in [0, 0.05) is 5.39 Å². The van der Waals surface area contributed by atoms with Crippen molar-refractivity contribution in [2.75, 3.05) is 5.75 Å². The maximum Gasteiger partial charge on any atom is 0.178 e. The molecule has 0 aliphatic heterocycles. The second-order valence-corrected chi connectivity index (χ2v) is 7.82. The number of hydrogen-bond acceptors (Lipinski definition) is 3. The first-order valence-electron chi connectivity index (χ1n) is 7.23. The number of hydrogen-bond donors (Lipinski definition) is 0. The zero-order chi connectivity index (χ0) is 15.5. The number of aryl methyl sites for hydroxylation is 1. The molecule has 114 valence electrons. The van der Waals surface area contributed by atoms with Crippen LogP contribution in [0.4, 0.5) is 0 Å². The summed E-state index contributed by atoms with van der Waals surface area (Å²) in [5.74, 6) is 0.207. The van der Waals surface area contributed by atoms with Crippen molar-refractivity contribution in [1.29, 1.82) is 0 Å². The van der Waals surface area contributed by atoms with Crippen LogP contribution in [0.5, 0.6) is 0 Å². The molecule has 0 unspecified atom stereocenters. The third-order valence-electron chi connectivity index (χ3n) is 3.58. The normalized spacial score (nSPS) is 12.0. The minimum Gasteiger partial charge on any atom is -0.236 e. The summed E-state index contributed by atoms with van der Waals surface area (Å²) >= 11 is 5.92. The van der Waals surface area contributed by atoms with Gasteiger partial charge in [-0.05, 0) is 43.2 Å². The van der Waals surface area contributed by atoms with E-state index in [2.05, 4.69) is 11.9 Å². The number of benzene rings is 1. The van der Waals surface area contributed by atoms with Gasteiger partial charge in [0.15, 0.2) is 9.84 Å². The Morgan fingerprint density at radius 2 is 1.90 bits per heavy atom. The number of rotatable bonds is 6. The molecule has 5 heteroatoms. The number of fused-ring (bicyclic) bond motifs is 1. The van der Waals surface area contributed by atoms with Crippen molar-refractivity contribution in [3.05, 3.63) is 35.0 Å². The molecule has 0 aliphatic carbocycles. The minimum absolute atomic E-state index is 0.207. The zero-order valence-corrected chi connectivity index (χ0v) is 14.0. The van der Waals surface area contributed by atoms with Crippen LogP contribution in [-0.2, 0) is 9.84 Å². The summed E-state index contributed by atoms with van der Waals surface area (Å²) in [7, 11) is -3.22. The van der Waals surface area contributed by atoms with Crippen LogP contribution in [0.15, 0.2) is 29.2 Å². The predicted molar refractivity (Wildman–Crippen MR) is 87.7 cm³/mol. The molecule has 1 heterocycles. The molecule has 1 aromatic heterocycles. The average molecular weight is 326 g/mol. The molecule has 0 amide bonds. The Kier molecular flexibility index (Phi) is 5.22. The highest BCUT2D eigenvalue weighted by atomic mass is 35.5. The van der Waals surface area contributed by atoms with Crippen LogP contribution < -0.4 is 0 Å². The quantitative estimate of drug-likeness (QED) is 0.578. The fourth-order valence-electron chi connectivity index (χ4n) is 2.36. The van der Waals surface area contributed by atoms with Crippen LogP contribution in [0.3, 0.4) is 0 Å². The lowest BCUT2D eigenvalue weighted by Crippen LogP contribution is -2.07. The Morgan fingerprint density at radius 3 is 2.62 bits per heavy atom. The van der Waals surface area contributed by atoms with Crippen LogP contribution in [0, 0.1) is 6.92 Å². The van der Waals surface area contributed by atoms with Gasteiger partial charge in [-0.15, -0.1) is 0 Å². The van der Waals surface area contributed by atoms with Crippen molar-refractivity contribution >= 4 is 32.3 Å². The molecule has 0 saturated heterocycles. The van der Waals surface area contributed by atoms with Gasteiger partial charge in [-0.25, -0.2) is 13.4 Å². The van der Waals surface area contributed by atoms with Gasteiger partial charge < -0.3 is 0 Å². The van der Waals surface area contributed by atoms with E-state index in [-0.39, 0.29) is 5.75 Å². The van der Waals surface area contributed by atoms with Crippen LogP contribution >= 0.6 is 11.6 Å². The number of aromatic nitrogens is 1. The topological polar surface area (TPSA) is 47.0 Å². The Labute approximate surface area is 131 Å². The van der Waals surface area contributed by atoms with Crippen LogP contribution in [0.1, 0.15) is 38.2 Å². The Bertz CT molecular complexity index is 741. The highest BCUT2D eigenvalue weighted by Gasteiger charge is 2.15. The number of halogens is 1. The average Bonchev–Trinajstić information content (AvgIpc) is 2.43. The van der Waals surface area contributed by atoms with Gasteiger partial charge in [0.25, 0.3) is 0 Å². The second-order valence-electron chi connectivity index (χ2n) is 5.32. The maximum absolute atomic E-state index is 12.4. The van der Waals surface area contributed by atoms with Gasteiger partial charge in [-0.3, -0.25) is 0 Å². The molecule has 2 rings (SSSR count). The van der Waals surface area contributed by atoms with Gasteiger partial charge in [0.1, 0.15) is 5.15 Å². The molecule has 0 bridgehead atoms. The highest BCUT2D eigenvalue weighted by Crippen LogP contribution is 2.24. The molecule has 1 aromatic carbocycles. The van der Waals surface area contributed by atoms with Gasteiger partial charge in [0.2, 0.25) is 0 Å². The van der Waals surface area contributed by atoms with Crippen molar-refractivity contribution < 1.29 is 8.42 Å². The standard InChI is InChI=1S/C16H20ClNO2S/c1-3-4-5-6-9-21(19,20)13-7-8-15-14(11-13)12(2)10-16(17)18-15/h7-8,10-11H,3-6,9H2,1-2H3. The first kappa shape index (κ1) is 16.2. The van der Waals surface area contributed by atoms with Crippen LogP contribution in [0.25, 0.3) is 10.9 Å². The summed E-state index contributed by atoms with van der Waals surface area (Å²) < 4.78 is 24.7. The van der Waals surface area contributed by atoms with E-state index < -0.39 is 9.84 Å². The summed E-state index contributed by atoms with van der Waals surface area (Å²) in [5.41, 5.74) is 1.66. The van der Waals surface area contributed by atoms with Gasteiger partial charge in [-0.1, -0.05) is 37.8 Å². The summed E-state index contributed by atoms with van der Waals surface area (Å²) in [6.45, 7) is 4.02. The third kappa shape index (κ3) is 3.95. The molecular weight excluding hydrogens is 306 g/mol. The monoisotopic (exact) mass is 325 g/mol. The Morgan fingerprint density at radius 1 is 1.14 bits per heavy atom. The van der Waals surface area contributed by atoms with Gasteiger partial charge in [0.05, 0.1) is 16.2 Å². The van der Waals surface area contributed by atoms with E-state index in [1.807, 2.05) is 6.92 Å². The first-order valence-corrected chi connectivity index (χ1v) is 9.27. The van der Waals surface area contributed by atoms with Crippen molar-refractivity contribution in [3.63, 3.8) is 0 Å². The molecule has 0 aliphatic rings. The van der Waals surface area contributed by atoms with Crippen LogP contribution in [0.2, 0.25) is 5.15 Å². The zero-order valence-electron chi connectivity index (χ0n) is 12.4. The van der Waals surface area contributed by atoms with E-state index in [1.165, 1.54) is 0 Å². The van der Waals surface area contributed by atoms with Crippen molar-refractivity contribution in [3.8, 4) is 0 Å². The van der Waals surface area contributed by atoms with E-state index in [0.717, 1.165) is 35.7 Å². The van der Waals surface area contributed by atoms with Gasteiger partial charge in [-0.2, -0.15) is 0 Å². The lowest BCUT2D eigenvalue weighted by molar-refractivity contribution is 0.589. The fraction of sp³-hybridized carbons (Fsp3) is 0.438. The summed E-state index contributed by atoms with van der Waals surface area (Å²) in [5, 5.41) is 1.27. The smallest absolute Gasteiger partial charge is 0.178 e. The largest absolute Gasteiger partial charge is 0.236 e. The maximum atomic E-state index is 12.4. The molecule has 3 nitrogen and oxygen atoms in total. The molecule has 0 radical (unpaired) electrons. The lowest BCUT2D eigenvalue weighted by atomic mass is 10.1. The van der Waals surface area contributed by atoms with Crippen LogP contribution in [-0.4, -0.2) is 19.2 Å². The minimum atomic E-state index is -3.22. The molecule has 0 fully saturated rings. The summed E-state index contributed by atoms with van der Waals surface area (Å²) in [4.78, 5) is 4.59. The SMILES string of the molecule is CCCCCCS(=O)(=O)c1ccc2nc(Cl)cc(C)c2c1. The first-order chi connectivity index (χ1) is 9.94. The van der Waals surface area contributed by atoms with Crippen molar-refractivity contribution in [2.45, 2.75) is 44.4 Å². The van der Waals surface area contributed by atoms with Crippen molar-refractivity contribution in [2.24, 2.45) is 0 Å². The molecular formula is C16H20ClNO2S. The van der Waals surface area contributed by atoms with E-state index in [4.69, 9.17) is 11.6 Å². The number of nitrogens with zero attached hydrogens (tertiary/aromatic N) is 1. The van der Waals surface area contributed by atoms with E-state index in [0.29, 0.717) is 16.5 Å². The summed E-state index contributed by atoms with van der Waals surface area (Å²) in [6, 6.07) is 6.82. The van der Waals surface area contributed by atoms with E-state index in [9.17, 15) is 8.42 Å². The van der Waals surface area contributed by atoms with Crippen molar-refractivity contribution in [1.82, 2.24) is 4.98 Å². The Balaban J connectivity index is 2.30. The van der Waals surface area contributed by atoms with E-state index in [1.54, 1.807) is 24.3 Å². The number of unbranched alkanes of at least 4 members (excludes halogenated alkanes) is 3. The molecule has 2 aromatic rings. The predicted octanol–water partition coefficient (Wildman–Crippen LogP) is 4.55. The van der Waals surface area contributed by atoms with Gasteiger partial charge >= 0.3 is 0 Å². The molecule has 0 spiro atoms. The molecule has 21 heavy (non-hydrogen) atoms. The highest BCUT2D eigenvalue weighted by molar-refractivity contribution is 7.91. The fourth-order valence-corrected chi connectivity index (χ4v) is 4.01. The molecule has 0 N–H and O–H groups in total. The molecule has 0 atom stereocenters.